The van der Waals surface area contributed by atoms with Gasteiger partial charge >= 0.3 is 5.97 Å². The van der Waals surface area contributed by atoms with Gasteiger partial charge in [0.15, 0.2) is 9.84 Å². The zero-order chi connectivity index (χ0) is 15.7. The first-order chi connectivity index (χ1) is 10.5. The molecule has 3 rings (SSSR count). The van der Waals surface area contributed by atoms with Gasteiger partial charge in [0.1, 0.15) is 6.04 Å². The number of nitrogens with zero attached hydrogens (tertiary/aromatic N) is 1. The predicted molar refractivity (Wildman–Crippen MR) is 83.7 cm³/mol. The molecule has 0 unspecified atom stereocenters. The van der Waals surface area contributed by atoms with E-state index in [1.54, 1.807) is 4.90 Å². The Morgan fingerprint density at radius 3 is 2.64 bits per heavy atom. The van der Waals surface area contributed by atoms with Crippen molar-refractivity contribution in [2.45, 2.75) is 12.5 Å². The van der Waals surface area contributed by atoms with E-state index in [1.807, 2.05) is 30.5 Å². The highest BCUT2D eigenvalue weighted by Gasteiger charge is 2.31. The molecule has 0 saturated carbocycles. The summed E-state index contributed by atoms with van der Waals surface area (Å²) in [4.78, 5) is 16.5. The van der Waals surface area contributed by atoms with Crippen molar-refractivity contribution >= 4 is 26.7 Å². The first kappa shape index (κ1) is 15.1. The highest BCUT2D eigenvalue weighted by molar-refractivity contribution is 7.91. The molecule has 2 N–H and O–H groups in total. The van der Waals surface area contributed by atoms with E-state index in [0.717, 1.165) is 16.5 Å². The van der Waals surface area contributed by atoms with Crippen molar-refractivity contribution in [2.75, 3.05) is 24.6 Å². The predicted octanol–water partition coefficient (Wildman–Crippen LogP) is 0.894. The average molecular weight is 322 g/mol. The molecule has 1 fully saturated rings. The van der Waals surface area contributed by atoms with E-state index in [9.17, 15) is 18.3 Å². The van der Waals surface area contributed by atoms with Gasteiger partial charge in [0, 0.05) is 36.6 Å². The van der Waals surface area contributed by atoms with Crippen molar-refractivity contribution < 1.29 is 18.3 Å². The standard InChI is InChI=1S/C15H18N2O4S/c18-15(19)14(17-5-7-22(20,21)8-6-17)9-11-10-16-13-4-2-1-3-12(11)13/h1-4,10,14,16H,5-9H2,(H,18,19)/t14-/m0/s1. The van der Waals surface area contributed by atoms with Gasteiger partial charge in [-0.1, -0.05) is 18.2 Å². The number of para-hydroxylation sites is 1. The number of carboxylic acid groups (broad SMARTS) is 1. The zero-order valence-corrected chi connectivity index (χ0v) is 12.8. The fourth-order valence-electron chi connectivity index (χ4n) is 2.92. The topological polar surface area (TPSA) is 90.5 Å². The van der Waals surface area contributed by atoms with Crippen LogP contribution in [0.3, 0.4) is 0 Å². The fraction of sp³-hybridized carbons (Fsp3) is 0.400. The van der Waals surface area contributed by atoms with Gasteiger partial charge in [-0.2, -0.15) is 0 Å². The van der Waals surface area contributed by atoms with Gasteiger partial charge in [-0.05, 0) is 11.6 Å². The van der Waals surface area contributed by atoms with Gasteiger partial charge < -0.3 is 10.1 Å². The molecule has 1 aromatic carbocycles. The third-order valence-corrected chi connectivity index (χ3v) is 5.80. The minimum Gasteiger partial charge on any atom is -0.480 e. The highest BCUT2D eigenvalue weighted by Crippen LogP contribution is 2.21. The van der Waals surface area contributed by atoms with E-state index < -0.39 is 21.8 Å². The molecule has 0 amide bonds. The lowest BCUT2D eigenvalue weighted by Crippen LogP contribution is -2.50. The number of fused-ring (bicyclic) bond motifs is 1. The first-order valence-corrected chi connectivity index (χ1v) is 9.01. The molecular weight excluding hydrogens is 304 g/mol. The minimum atomic E-state index is -3.01. The van der Waals surface area contributed by atoms with Crippen molar-refractivity contribution in [3.63, 3.8) is 0 Å². The lowest BCUT2D eigenvalue weighted by atomic mass is 10.0. The number of aromatic nitrogens is 1. The summed E-state index contributed by atoms with van der Waals surface area (Å²) in [6.07, 6.45) is 2.20. The Balaban J connectivity index is 1.82. The van der Waals surface area contributed by atoms with E-state index in [2.05, 4.69) is 4.98 Å². The van der Waals surface area contributed by atoms with Gasteiger partial charge in [-0.15, -0.1) is 0 Å². The van der Waals surface area contributed by atoms with Crippen molar-refractivity contribution in [2.24, 2.45) is 0 Å². The van der Waals surface area contributed by atoms with Crippen LogP contribution in [0.1, 0.15) is 5.56 Å². The third-order valence-electron chi connectivity index (χ3n) is 4.19. The number of carboxylic acids is 1. The Bertz CT molecular complexity index is 783. The van der Waals surface area contributed by atoms with Crippen molar-refractivity contribution in [1.29, 1.82) is 0 Å². The molecule has 1 saturated heterocycles. The Morgan fingerprint density at radius 2 is 1.95 bits per heavy atom. The highest BCUT2D eigenvalue weighted by atomic mass is 32.2. The number of H-pyrrole nitrogens is 1. The Kier molecular flexibility index (Phi) is 3.92. The number of benzene rings is 1. The quantitative estimate of drug-likeness (QED) is 0.872. The molecule has 6 nitrogen and oxygen atoms in total. The molecule has 1 atom stereocenters. The molecule has 7 heteroatoms. The average Bonchev–Trinajstić information content (AvgIpc) is 2.88. The van der Waals surface area contributed by atoms with Crippen molar-refractivity contribution in [3.8, 4) is 0 Å². The maximum absolute atomic E-state index is 11.6. The number of hydrogen-bond acceptors (Lipinski definition) is 4. The summed E-state index contributed by atoms with van der Waals surface area (Å²) in [6.45, 7) is 0.559. The van der Waals surface area contributed by atoms with Gasteiger partial charge in [0.05, 0.1) is 11.5 Å². The van der Waals surface area contributed by atoms with Gasteiger partial charge in [-0.3, -0.25) is 9.69 Å². The maximum Gasteiger partial charge on any atom is 0.321 e. The number of carbonyl (C=O) groups is 1. The number of rotatable bonds is 4. The zero-order valence-electron chi connectivity index (χ0n) is 12.0. The molecule has 1 aromatic heterocycles. The van der Waals surface area contributed by atoms with E-state index in [0.29, 0.717) is 6.42 Å². The van der Waals surface area contributed by atoms with Crippen LogP contribution in [0.5, 0.6) is 0 Å². The molecule has 22 heavy (non-hydrogen) atoms. The summed E-state index contributed by atoms with van der Waals surface area (Å²) in [5, 5.41) is 10.5. The SMILES string of the molecule is O=C(O)[C@H](Cc1c[nH]c2ccccc12)N1CCS(=O)(=O)CC1. The second-order valence-corrected chi connectivity index (χ2v) is 7.91. The monoisotopic (exact) mass is 322 g/mol. The molecule has 1 aliphatic heterocycles. The third kappa shape index (κ3) is 3.00. The van der Waals surface area contributed by atoms with Crippen molar-refractivity contribution in [3.05, 3.63) is 36.0 Å². The van der Waals surface area contributed by atoms with E-state index in [1.165, 1.54) is 0 Å². The van der Waals surface area contributed by atoms with Crippen LogP contribution in [0.4, 0.5) is 0 Å². The summed E-state index contributed by atoms with van der Waals surface area (Å²) >= 11 is 0. The molecule has 0 radical (unpaired) electrons. The minimum absolute atomic E-state index is 0.0324. The number of aromatic amines is 1. The molecule has 0 spiro atoms. The first-order valence-electron chi connectivity index (χ1n) is 7.18. The van der Waals surface area contributed by atoms with Crippen LogP contribution in [-0.2, 0) is 21.1 Å². The van der Waals surface area contributed by atoms with E-state index in [-0.39, 0.29) is 24.6 Å². The molecule has 0 aliphatic carbocycles. The van der Waals surface area contributed by atoms with Crippen molar-refractivity contribution in [1.82, 2.24) is 9.88 Å². The van der Waals surface area contributed by atoms with Crippen LogP contribution >= 0.6 is 0 Å². The molecular formula is C15H18N2O4S. The lowest BCUT2D eigenvalue weighted by Gasteiger charge is -2.31. The van der Waals surface area contributed by atoms with Gasteiger partial charge in [-0.25, -0.2) is 8.42 Å². The number of aliphatic carboxylic acids is 1. The second-order valence-electron chi connectivity index (χ2n) is 5.61. The number of hydrogen-bond donors (Lipinski definition) is 2. The summed E-state index contributed by atoms with van der Waals surface area (Å²) < 4.78 is 23.0. The molecule has 118 valence electrons. The maximum atomic E-state index is 11.6. The Hall–Kier alpha value is -1.86. The largest absolute Gasteiger partial charge is 0.480 e. The summed E-state index contributed by atoms with van der Waals surface area (Å²) in [7, 11) is -3.01. The lowest BCUT2D eigenvalue weighted by molar-refractivity contribution is -0.143. The number of sulfone groups is 1. The summed E-state index contributed by atoms with van der Waals surface area (Å²) in [6, 6.07) is 7.05. The van der Waals surface area contributed by atoms with Crippen LogP contribution in [0.15, 0.2) is 30.5 Å². The normalized spacial score (nSPS) is 20.0. The summed E-state index contributed by atoms with van der Waals surface area (Å²) in [5.74, 6) is -0.848. The molecule has 2 aromatic rings. The Morgan fingerprint density at radius 1 is 1.27 bits per heavy atom. The van der Waals surface area contributed by atoms with Crippen LogP contribution in [-0.4, -0.2) is 60.0 Å². The van der Waals surface area contributed by atoms with Crippen LogP contribution in [0.2, 0.25) is 0 Å². The number of nitrogens with one attached hydrogen (secondary N) is 1. The van der Waals surface area contributed by atoms with E-state index >= 15 is 0 Å². The van der Waals surface area contributed by atoms with Gasteiger partial charge in [0.2, 0.25) is 0 Å². The smallest absolute Gasteiger partial charge is 0.321 e. The van der Waals surface area contributed by atoms with Gasteiger partial charge in [0.25, 0.3) is 0 Å². The van der Waals surface area contributed by atoms with Crippen LogP contribution < -0.4 is 0 Å². The van der Waals surface area contributed by atoms with Crippen LogP contribution in [0, 0.1) is 0 Å². The molecule has 0 bridgehead atoms. The summed E-state index contributed by atoms with van der Waals surface area (Å²) in [5.41, 5.74) is 1.92. The molecule has 1 aliphatic rings. The van der Waals surface area contributed by atoms with Crippen LogP contribution in [0.25, 0.3) is 10.9 Å². The molecule has 2 heterocycles. The van der Waals surface area contributed by atoms with E-state index in [4.69, 9.17) is 0 Å². The Labute approximate surface area is 128 Å². The fourth-order valence-corrected chi connectivity index (χ4v) is 4.15. The second kappa shape index (κ2) is 5.73.